The van der Waals surface area contributed by atoms with Crippen molar-refractivity contribution in [1.29, 1.82) is 5.26 Å². The molecule has 1 saturated heterocycles. The predicted molar refractivity (Wildman–Crippen MR) is 98.7 cm³/mol. The van der Waals surface area contributed by atoms with Crippen LogP contribution in [0.15, 0.2) is 29.2 Å². The lowest BCUT2D eigenvalue weighted by atomic mass is 10.2. The highest BCUT2D eigenvalue weighted by molar-refractivity contribution is 7.89. The number of benzene rings is 1. The predicted octanol–water partition coefficient (Wildman–Crippen LogP) is 1.59. The summed E-state index contributed by atoms with van der Waals surface area (Å²) < 4.78 is 28.0. The SMILES string of the molecule is CCN1CCC[C@H]1CN(CCN(C)C)S(=O)(=O)c1ccccc1C#N. The fourth-order valence-electron chi connectivity index (χ4n) is 3.30. The van der Waals surface area contributed by atoms with Gasteiger partial charge in [-0.3, -0.25) is 4.90 Å². The number of rotatable bonds is 8. The summed E-state index contributed by atoms with van der Waals surface area (Å²) in [5.41, 5.74) is 0.205. The van der Waals surface area contributed by atoms with Crippen molar-refractivity contribution < 1.29 is 8.42 Å². The quantitative estimate of drug-likeness (QED) is 0.701. The minimum atomic E-state index is -3.70. The topological polar surface area (TPSA) is 67.7 Å². The van der Waals surface area contributed by atoms with Gasteiger partial charge in [0.05, 0.1) is 10.5 Å². The van der Waals surface area contributed by atoms with Crippen LogP contribution in [0.25, 0.3) is 0 Å². The molecule has 2 rings (SSSR count). The Hall–Kier alpha value is -1.46. The number of hydrogen-bond donors (Lipinski definition) is 0. The number of nitrogens with zero attached hydrogens (tertiary/aromatic N) is 4. The van der Waals surface area contributed by atoms with Gasteiger partial charge in [-0.15, -0.1) is 0 Å². The molecule has 0 radical (unpaired) electrons. The van der Waals surface area contributed by atoms with Gasteiger partial charge in [0.1, 0.15) is 6.07 Å². The Morgan fingerprint density at radius 2 is 2.00 bits per heavy atom. The summed E-state index contributed by atoms with van der Waals surface area (Å²) in [4.78, 5) is 4.43. The summed E-state index contributed by atoms with van der Waals surface area (Å²) in [5.74, 6) is 0. The van der Waals surface area contributed by atoms with Gasteiger partial charge in [0.25, 0.3) is 0 Å². The molecule has 0 unspecified atom stereocenters. The fraction of sp³-hybridized carbons (Fsp3) is 0.611. The monoisotopic (exact) mass is 364 g/mol. The highest BCUT2D eigenvalue weighted by atomic mass is 32.2. The smallest absolute Gasteiger partial charge is 0.244 e. The lowest BCUT2D eigenvalue weighted by Crippen LogP contribution is -2.45. The minimum absolute atomic E-state index is 0.109. The van der Waals surface area contributed by atoms with Crippen LogP contribution >= 0.6 is 0 Å². The molecule has 138 valence electrons. The summed E-state index contributed by atoms with van der Waals surface area (Å²) >= 11 is 0. The maximum absolute atomic E-state index is 13.2. The Morgan fingerprint density at radius 3 is 2.64 bits per heavy atom. The van der Waals surface area contributed by atoms with Crippen molar-refractivity contribution >= 4 is 10.0 Å². The van der Waals surface area contributed by atoms with Gasteiger partial charge in [-0.2, -0.15) is 9.57 Å². The van der Waals surface area contributed by atoms with E-state index < -0.39 is 10.0 Å². The number of nitriles is 1. The molecule has 1 aromatic carbocycles. The van der Waals surface area contributed by atoms with Gasteiger partial charge in [0, 0.05) is 25.7 Å². The second kappa shape index (κ2) is 8.77. The van der Waals surface area contributed by atoms with E-state index in [0.29, 0.717) is 19.6 Å². The first-order valence-electron chi connectivity index (χ1n) is 8.78. The van der Waals surface area contributed by atoms with E-state index in [1.807, 2.05) is 25.1 Å². The molecule has 1 atom stereocenters. The second-order valence-corrected chi connectivity index (χ2v) is 8.61. The molecular weight excluding hydrogens is 336 g/mol. The third-order valence-corrected chi connectivity index (χ3v) is 6.66. The molecule has 0 N–H and O–H groups in total. The van der Waals surface area contributed by atoms with Gasteiger partial charge < -0.3 is 4.90 Å². The summed E-state index contributed by atoms with van der Waals surface area (Å²) in [6.07, 6.45) is 2.12. The highest BCUT2D eigenvalue weighted by Crippen LogP contribution is 2.23. The molecule has 0 saturated carbocycles. The molecule has 7 heteroatoms. The first-order valence-corrected chi connectivity index (χ1v) is 10.2. The van der Waals surface area contributed by atoms with Crippen LogP contribution < -0.4 is 0 Å². The molecule has 1 aliphatic rings. The van der Waals surface area contributed by atoms with Gasteiger partial charge in [-0.1, -0.05) is 19.1 Å². The van der Waals surface area contributed by atoms with Crippen molar-refractivity contribution in [2.24, 2.45) is 0 Å². The van der Waals surface area contributed by atoms with E-state index in [4.69, 9.17) is 0 Å². The van der Waals surface area contributed by atoms with Gasteiger partial charge in [-0.25, -0.2) is 8.42 Å². The maximum Gasteiger partial charge on any atom is 0.244 e. The number of likely N-dealkylation sites (N-methyl/N-ethyl adjacent to an activating group) is 2. The number of hydrogen-bond acceptors (Lipinski definition) is 5. The lowest BCUT2D eigenvalue weighted by Gasteiger charge is -2.30. The molecular formula is C18H28N4O2S. The van der Waals surface area contributed by atoms with E-state index in [2.05, 4.69) is 11.8 Å². The van der Waals surface area contributed by atoms with Crippen LogP contribution in [0, 0.1) is 11.3 Å². The first-order chi connectivity index (χ1) is 11.9. The Morgan fingerprint density at radius 1 is 1.28 bits per heavy atom. The third kappa shape index (κ3) is 4.79. The van der Waals surface area contributed by atoms with Crippen LogP contribution in [-0.4, -0.2) is 75.4 Å². The van der Waals surface area contributed by atoms with Crippen molar-refractivity contribution in [2.45, 2.75) is 30.7 Å². The van der Waals surface area contributed by atoms with Crippen LogP contribution in [0.1, 0.15) is 25.3 Å². The zero-order valence-corrected chi connectivity index (χ0v) is 16.2. The standard InChI is InChI=1S/C18H28N4O2S/c1-4-21-11-7-9-17(21)15-22(13-12-20(2)3)25(23,24)18-10-6-5-8-16(18)14-19/h5-6,8,10,17H,4,7,9,11-13,15H2,1-3H3/t17-/m0/s1. The lowest BCUT2D eigenvalue weighted by molar-refractivity contribution is 0.220. The maximum atomic E-state index is 13.2. The van der Waals surface area contributed by atoms with E-state index in [1.165, 1.54) is 6.07 Å². The summed E-state index contributed by atoms with van der Waals surface area (Å²) in [6.45, 7) is 5.61. The van der Waals surface area contributed by atoms with E-state index in [9.17, 15) is 13.7 Å². The fourth-order valence-corrected chi connectivity index (χ4v) is 4.91. The van der Waals surface area contributed by atoms with Crippen molar-refractivity contribution in [1.82, 2.24) is 14.1 Å². The van der Waals surface area contributed by atoms with Crippen LogP contribution in [0.4, 0.5) is 0 Å². The molecule has 0 bridgehead atoms. The van der Waals surface area contributed by atoms with E-state index >= 15 is 0 Å². The average molecular weight is 365 g/mol. The van der Waals surface area contributed by atoms with Gasteiger partial charge in [0.15, 0.2) is 0 Å². The van der Waals surface area contributed by atoms with Crippen LogP contribution in [-0.2, 0) is 10.0 Å². The Kier molecular flexibility index (Phi) is 6.96. The molecule has 1 fully saturated rings. The molecule has 1 aromatic rings. The van der Waals surface area contributed by atoms with E-state index in [1.54, 1.807) is 22.5 Å². The highest BCUT2D eigenvalue weighted by Gasteiger charge is 2.32. The van der Waals surface area contributed by atoms with Gasteiger partial charge in [-0.05, 0) is 52.2 Å². The average Bonchev–Trinajstić information content (AvgIpc) is 3.05. The molecule has 6 nitrogen and oxygen atoms in total. The van der Waals surface area contributed by atoms with Crippen LogP contribution in [0.2, 0.25) is 0 Å². The largest absolute Gasteiger partial charge is 0.308 e. The third-order valence-electron chi connectivity index (χ3n) is 4.74. The Bertz CT molecular complexity index is 712. The van der Waals surface area contributed by atoms with Gasteiger partial charge in [0.2, 0.25) is 10.0 Å². The van der Waals surface area contributed by atoms with Crippen molar-refractivity contribution in [2.75, 3.05) is 46.8 Å². The number of likely N-dealkylation sites (tertiary alicyclic amines) is 1. The second-order valence-electron chi connectivity index (χ2n) is 6.70. The Labute approximate surface area is 151 Å². The molecule has 0 aromatic heterocycles. The van der Waals surface area contributed by atoms with Crippen molar-refractivity contribution in [3.05, 3.63) is 29.8 Å². The molecule has 0 aliphatic carbocycles. The minimum Gasteiger partial charge on any atom is -0.308 e. The zero-order chi connectivity index (χ0) is 18.4. The molecule has 25 heavy (non-hydrogen) atoms. The van der Waals surface area contributed by atoms with Crippen molar-refractivity contribution in [3.8, 4) is 6.07 Å². The van der Waals surface area contributed by atoms with E-state index in [-0.39, 0.29) is 16.5 Å². The van der Waals surface area contributed by atoms with Gasteiger partial charge >= 0.3 is 0 Å². The summed E-state index contributed by atoms with van der Waals surface area (Å²) in [7, 11) is 0.164. The summed E-state index contributed by atoms with van der Waals surface area (Å²) in [5, 5.41) is 9.30. The normalized spacial score (nSPS) is 18.8. The first kappa shape index (κ1) is 19.9. The van der Waals surface area contributed by atoms with Crippen LogP contribution in [0.3, 0.4) is 0 Å². The molecule has 1 aliphatic heterocycles. The Balaban J connectivity index is 2.31. The zero-order valence-electron chi connectivity index (χ0n) is 15.4. The molecule has 1 heterocycles. The van der Waals surface area contributed by atoms with E-state index in [0.717, 1.165) is 25.9 Å². The summed E-state index contributed by atoms with van der Waals surface area (Å²) in [6, 6.07) is 8.71. The number of sulfonamides is 1. The van der Waals surface area contributed by atoms with Crippen LogP contribution in [0.5, 0.6) is 0 Å². The molecule has 0 amide bonds. The molecule has 0 spiro atoms. The van der Waals surface area contributed by atoms with Crippen molar-refractivity contribution in [3.63, 3.8) is 0 Å².